The second kappa shape index (κ2) is 4.42. The number of aliphatic hydroxyl groups excluding tert-OH is 2. The number of hydrogen-bond acceptors (Lipinski definition) is 2. The van der Waals surface area contributed by atoms with Gasteiger partial charge in [0.1, 0.15) is 0 Å². The third-order valence-electron chi connectivity index (χ3n) is 4.62. The Morgan fingerprint density at radius 2 is 1.73 bits per heavy atom. The quantitative estimate of drug-likeness (QED) is 0.699. The van der Waals surface area contributed by atoms with E-state index in [0.717, 1.165) is 19.3 Å². The maximum atomic E-state index is 10.3. The van der Waals surface area contributed by atoms with Crippen LogP contribution in [0.4, 0.5) is 0 Å². The Bertz CT molecular complexity index is 215. The largest absolute Gasteiger partial charge is 0.393 e. The van der Waals surface area contributed by atoms with Crippen molar-refractivity contribution in [3.8, 4) is 0 Å². The minimum Gasteiger partial charge on any atom is -0.393 e. The standard InChI is InChI=1S/C13H24O2/c1-8(2)10-7-6-9-4-3-5-11(14)12(9)13(10)15/h8-15H,3-7H2,1-2H3. The summed E-state index contributed by atoms with van der Waals surface area (Å²) in [5, 5.41) is 20.4. The highest BCUT2D eigenvalue weighted by Crippen LogP contribution is 2.44. The van der Waals surface area contributed by atoms with E-state index < -0.39 is 0 Å². The molecule has 2 nitrogen and oxygen atoms in total. The summed E-state index contributed by atoms with van der Waals surface area (Å²) in [5.74, 6) is 1.69. The lowest BCUT2D eigenvalue weighted by Gasteiger charge is -2.46. The first-order chi connectivity index (χ1) is 7.11. The highest BCUT2D eigenvalue weighted by atomic mass is 16.3. The van der Waals surface area contributed by atoms with Crippen molar-refractivity contribution in [2.24, 2.45) is 23.7 Å². The molecule has 2 rings (SSSR count). The molecular weight excluding hydrogens is 188 g/mol. The van der Waals surface area contributed by atoms with Crippen LogP contribution in [0.25, 0.3) is 0 Å². The summed E-state index contributed by atoms with van der Waals surface area (Å²) in [6.07, 6.45) is 5.09. The third-order valence-corrected chi connectivity index (χ3v) is 4.62. The molecule has 0 amide bonds. The van der Waals surface area contributed by atoms with Crippen molar-refractivity contribution in [1.82, 2.24) is 0 Å². The van der Waals surface area contributed by atoms with Crippen LogP contribution in [-0.2, 0) is 0 Å². The van der Waals surface area contributed by atoms with E-state index in [2.05, 4.69) is 13.8 Å². The van der Waals surface area contributed by atoms with Crippen molar-refractivity contribution in [3.63, 3.8) is 0 Å². The molecule has 5 atom stereocenters. The molecule has 0 aromatic rings. The zero-order chi connectivity index (χ0) is 11.0. The van der Waals surface area contributed by atoms with Crippen molar-refractivity contribution < 1.29 is 10.2 Å². The van der Waals surface area contributed by atoms with E-state index in [-0.39, 0.29) is 18.1 Å². The van der Waals surface area contributed by atoms with Crippen molar-refractivity contribution in [2.45, 2.75) is 58.2 Å². The van der Waals surface area contributed by atoms with Crippen LogP contribution >= 0.6 is 0 Å². The Kier molecular flexibility index (Phi) is 3.36. The normalized spacial score (nSPS) is 46.6. The molecule has 5 unspecified atom stereocenters. The maximum Gasteiger partial charge on any atom is 0.0626 e. The van der Waals surface area contributed by atoms with E-state index in [4.69, 9.17) is 0 Å². The van der Waals surface area contributed by atoms with E-state index in [1.807, 2.05) is 0 Å². The molecule has 0 radical (unpaired) electrons. The van der Waals surface area contributed by atoms with Gasteiger partial charge in [-0.3, -0.25) is 0 Å². The van der Waals surface area contributed by atoms with Crippen molar-refractivity contribution in [1.29, 1.82) is 0 Å². The van der Waals surface area contributed by atoms with Crippen LogP contribution < -0.4 is 0 Å². The lowest BCUT2D eigenvalue weighted by molar-refractivity contribution is -0.102. The highest BCUT2D eigenvalue weighted by Gasteiger charge is 2.44. The van der Waals surface area contributed by atoms with Crippen LogP contribution in [0.3, 0.4) is 0 Å². The lowest BCUT2D eigenvalue weighted by Crippen LogP contribution is -2.48. The second-order valence-corrected chi connectivity index (χ2v) is 5.81. The van der Waals surface area contributed by atoms with Crippen molar-refractivity contribution >= 4 is 0 Å². The monoisotopic (exact) mass is 212 g/mol. The van der Waals surface area contributed by atoms with Crippen molar-refractivity contribution in [3.05, 3.63) is 0 Å². The number of hydrogen-bond donors (Lipinski definition) is 2. The first kappa shape index (κ1) is 11.4. The van der Waals surface area contributed by atoms with E-state index in [9.17, 15) is 10.2 Å². The average molecular weight is 212 g/mol. The van der Waals surface area contributed by atoms with Crippen LogP contribution in [-0.4, -0.2) is 22.4 Å². The Labute approximate surface area is 92.7 Å². The Balaban J connectivity index is 2.10. The van der Waals surface area contributed by atoms with Crippen LogP contribution in [0.1, 0.15) is 46.0 Å². The Morgan fingerprint density at radius 3 is 2.40 bits per heavy atom. The summed E-state index contributed by atoms with van der Waals surface area (Å²) in [5.41, 5.74) is 0. The molecule has 2 saturated carbocycles. The molecule has 0 aromatic carbocycles. The number of fused-ring (bicyclic) bond motifs is 1. The fourth-order valence-electron chi connectivity index (χ4n) is 3.72. The molecule has 2 aliphatic rings. The van der Waals surface area contributed by atoms with Gasteiger partial charge in [0.25, 0.3) is 0 Å². The molecule has 2 aliphatic carbocycles. The summed E-state index contributed by atoms with van der Waals surface area (Å²) >= 11 is 0. The van der Waals surface area contributed by atoms with E-state index >= 15 is 0 Å². The van der Waals surface area contributed by atoms with Gasteiger partial charge in [-0.15, -0.1) is 0 Å². The summed E-state index contributed by atoms with van der Waals surface area (Å²) in [6.45, 7) is 4.37. The summed E-state index contributed by atoms with van der Waals surface area (Å²) in [6, 6.07) is 0. The number of rotatable bonds is 1. The van der Waals surface area contributed by atoms with E-state index in [0.29, 0.717) is 17.8 Å². The maximum absolute atomic E-state index is 10.3. The van der Waals surface area contributed by atoms with Crippen LogP contribution in [0.5, 0.6) is 0 Å². The molecule has 0 heterocycles. The lowest BCUT2D eigenvalue weighted by atomic mass is 9.62. The Hall–Kier alpha value is -0.0800. The Morgan fingerprint density at radius 1 is 1.00 bits per heavy atom. The fourth-order valence-corrected chi connectivity index (χ4v) is 3.72. The first-order valence-electron chi connectivity index (χ1n) is 6.47. The minimum absolute atomic E-state index is 0.167. The molecule has 0 aromatic heterocycles. The predicted octanol–water partition coefficient (Wildman–Crippen LogP) is 2.19. The van der Waals surface area contributed by atoms with Gasteiger partial charge in [-0.05, 0) is 43.4 Å². The SMILES string of the molecule is CC(C)C1CCC2CCCC(O)C2C1O. The molecule has 0 spiro atoms. The zero-order valence-corrected chi connectivity index (χ0v) is 9.89. The summed E-state index contributed by atoms with van der Waals surface area (Å²) in [4.78, 5) is 0. The molecule has 0 saturated heterocycles. The minimum atomic E-state index is -0.265. The van der Waals surface area contributed by atoms with E-state index in [1.54, 1.807) is 0 Å². The fraction of sp³-hybridized carbons (Fsp3) is 1.00. The number of aliphatic hydroxyl groups is 2. The molecule has 15 heavy (non-hydrogen) atoms. The molecular formula is C13H24O2. The zero-order valence-electron chi connectivity index (χ0n) is 9.89. The van der Waals surface area contributed by atoms with Gasteiger partial charge in [0.2, 0.25) is 0 Å². The smallest absolute Gasteiger partial charge is 0.0626 e. The van der Waals surface area contributed by atoms with Crippen LogP contribution in [0, 0.1) is 23.7 Å². The molecule has 88 valence electrons. The van der Waals surface area contributed by atoms with Gasteiger partial charge in [-0.1, -0.05) is 20.3 Å². The van der Waals surface area contributed by atoms with Gasteiger partial charge in [-0.2, -0.15) is 0 Å². The molecule has 0 bridgehead atoms. The van der Waals surface area contributed by atoms with Gasteiger partial charge in [-0.25, -0.2) is 0 Å². The first-order valence-corrected chi connectivity index (χ1v) is 6.47. The molecule has 2 N–H and O–H groups in total. The average Bonchev–Trinajstić information content (AvgIpc) is 2.17. The van der Waals surface area contributed by atoms with Gasteiger partial charge in [0, 0.05) is 5.92 Å². The summed E-state index contributed by atoms with van der Waals surface area (Å²) in [7, 11) is 0. The van der Waals surface area contributed by atoms with Gasteiger partial charge >= 0.3 is 0 Å². The molecule has 2 heteroatoms. The van der Waals surface area contributed by atoms with Crippen LogP contribution in [0.15, 0.2) is 0 Å². The van der Waals surface area contributed by atoms with Gasteiger partial charge in [0.15, 0.2) is 0 Å². The van der Waals surface area contributed by atoms with Gasteiger partial charge < -0.3 is 10.2 Å². The third kappa shape index (κ3) is 2.07. The van der Waals surface area contributed by atoms with E-state index in [1.165, 1.54) is 12.8 Å². The molecule has 2 fully saturated rings. The van der Waals surface area contributed by atoms with Crippen molar-refractivity contribution in [2.75, 3.05) is 0 Å². The topological polar surface area (TPSA) is 40.5 Å². The van der Waals surface area contributed by atoms with Gasteiger partial charge in [0.05, 0.1) is 12.2 Å². The highest BCUT2D eigenvalue weighted by molar-refractivity contribution is 4.94. The second-order valence-electron chi connectivity index (χ2n) is 5.81. The van der Waals surface area contributed by atoms with Crippen LogP contribution in [0.2, 0.25) is 0 Å². The predicted molar refractivity (Wildman–Crippen MR) is 60.4 cm³/mol. The summed E-state index contributed by atoms with van der Waals surface area (Å²) < 4.78 is 0. The molecule has 0 aliphatic heterocycles.